The number of likely N-dealkylation sites (N-methyl/N-ethyl adjacent to an activating group) is 1. The van der Waals surface area contributed by atoms with Crippen LogP contribution in [0.15, 0.2) is 12.5 Å². The minimum Gasteiger partial charge on any atom is -0.384 e. The molecule has 0 aliphatic rings. The molecular weight excluding hydrogens is 228 g/mol. The van der Waals surface area contributed by atoms with E-state index in [1.807, 2.05) is 14.1 Å². The molecule has 100 valence electrons. The first-order chi connectivity index (χ1) is 8.56. The summed E-state index contributed by atoms with van der Waals surface area (Å²) in [6.07, 6.45) is 4.12. The summed E-state index contributed by atoms with van der Waals surface area (Å²) in [5.74, 6) is 0.762. The SMILES string of the molecule is CCCN(CCN(C)C)c1ncncc1C(=N)N. The molecule has 0 atom stereocenters. The lowest BCUT2D eigenvalue weighted by Crippen LogP contribution is -2.34. The maximum atomic E-state index is 7.58. The first-order valence-electron chi connectivity index (χ1n) is 6.10. The lowest BCUT2D eigenvalue weighted by atomic mass is 10.2. The molecule has 0 saturated carbocycles. The summed E-state index contributed by atoms with van der Waals surface area (Å²) >= 11 is 0. The Balaban J connectivity index is 2.93. The van der Waals surface area contributed by atoms with Gasteiger partial charge in [0.1, 0.15) is 18.0 Å². The van der Waals surface area contributed by atoms with Gasteiger partial charge in [0.05, 0.1) is 5.56 Å². The van der Waals surface area contributed by atoms with Crippen molar-refractivity contribution in [1.29, 1.82) is 5.41 Å². The molecule has 0 unspecified atom stereocenters. The van der Waals surface area contributed by atoms with E-state index in [9.17, 15) is 0 Å². The Bertz CT molecular complexity index is 390. The van der Waals surface area contributed by atoms with Gasteiger partial charge >= 0.3 is 0 Å². The third-order valence-corrected chi connectivity index (χ3v) is 2.59. The van der Waals surface area contributed by atoms with E-state index in [2.05, 4.69) is 26.7 Å². The van der Waals surface area contributed by atoms with E-state index in [4.69, 9.17) is 11.1 Å². The second-order valence-corrected chi connectivity index (χ2v) is 4.46. The van der Waals surface area contributed by atoms with E-state index >= 15 is 0 Å². The molecule has 0 fully saturated rings. The van der Waals surface area contributed by atoms with E-state index in [1.54, 1.807) is 6.20 Å². The Hall–Kier alpha value is -1.69. The quantitative estimate of drug-likeness (QED) is 0.545. The predicted molar refractivity (Wildman–Crippen MR) is 74.1 cm³/mol. The second-order valence-electron chi connectivity index (χ2n) is 4.46. The van der Waals surface area contributed by atoms with Gasteiger partial charge in [0.25, 0.3) is 0 Å². The third kappa shape index (κ3) is 3.96. The number of nitrogens with zero attached hydrogens (tertiary/aromatic N) is 4. The highest BCUT2D eigenvalue weighted by atomic mass is 15.2. The third-order valence-electron chi connectivity index (χ3n) is 2.59. The molecule has 0 amide bonds. The molecule has 0 bridgehead atoms. The number of hydrogen-bond donors (Lipinski definition) is 2. The van der Waals surface area contributed by atoms with Gasteiger partial charge in [0.15, 0.2) is 0 Å². The summed E-state index contributed by atoms with van der Waals surface area (Å²) in [6, 6.07) is 0. The lowest BCUT2D eigenvalue weighted by molar-refractivity contribution is 0.412. The van der Waals surface area contributed by atoms with Crippen LogP contribution in [0.4, 0.5) is 5.82 Å². The molecular formula is C12H22N6. The van der Waals surface area contributed by atoms with Crippen LogP contribution >= 0.6 is 0 Å². The van der Waals surface area contributed by atoms with Crippen LogP contribution in [0.5, 0.6) is 0 Å². The Kier molecular flexibility index (Phi) is 5.51. The largest absolute Gasteiger partial charge is 0.384 e. The molecule has 1 aromatic rings. The summed E-state index contributed by atoms with van der Waals surface area (Å²) in [7, 11) is 4.08. The minimum atomic E-state index is 0.0107. The predicted octanol–water partition coefficient (Wildman–Crippen LogP) is 0.539. The van der Waals surface area contributed by atoms with Crippen molar-refractivity contribution >= 4 is 11.7 Å². The zero-order valence-corrected chi connectivity index (χ0v) is 11.3. The van der Waals surface area contributed by atoms with Crippen molar-refractivity contribution < 1.29 is 0 Å². The van der Waals surface area contributed by atoms with Crippen LogP contribution in [0.1, 0.15) is 18.9 Å². The Morgan fingerprint density at radius 1 is 1.33 bits per heavy atom. The topological polar surface area (TPSA) is 82.1 Å². The van der Waals surface area contributed by atoms with Crippen molar-refractivity contribution in [3.8, 4) is 0 Å². The number of nitrogen functional groups attached to an aromatic ring is 1. The van der Waals surface area contributed by atoms with E-state index in [0.29, 0.717) is 5.56 Å². The molecule has 0 saturated heterocycles. The highest BCUT2D eigenvalue weighted by Gasteiger charge is 2.14. The van der Waals surface area contributed by atoms with Crippen LogP contribution in [0.2, 0.25) is 0 Å². The first-order valence-corrected chi connectivity index (χ1v) is 6.10. The Morgan fingerprint density at radius 2 is 2.06 bits per heavy atom. The van der Waals surface area contributed by atoms with Crippen molar-refractivity contribution in [2.45, 2.75) is 13.3 Å². The number of rotatable bonds is 7. The van der Waals surface area contributed by atoms with Crippen LogP contribution in [-0.4, -0.2) is 54.4 Å². The van der Waals surface area contributed by atoms with Gasteiger partial charge in [-0.2, -0.15) is 0 Å². The molecule has 0 spiro atoms. The first kappa shape index (κ1) is 14.4. The number of anilines is 1. The van der Waals surface area contributed by atoms with Gasteiger partial charge in [-0.15, -0.1) is 0 Å². The summed E-state index contributed by atoms with van der Waals surface area (Å²) < 4.78 is 0. The smallest absolute Gasteiger partial charge is 0.143 e. The normalized spacial score (nSPS) is 10.7. The fourth-order valence-electron chi connectivity index (χ4n) is 1.68. The van der Waals surface area contributed by atoms with Gasteiger partial charge in [0, 0.05) is 25.8 Å². The molecule has 0 aromatic carbocycles. The maximum Gasteiger partial charge on any atom is 0.143 e. The molecule has 1 heterocycles. The molecule has 6 nitrogen and oxygen atoms in total. The minimum absolute atomic E-state index is 0.0107. The van der Waals surface area contributed by atoms with Crippen LogP contribution in [0.3, 0.4) is 0 Å². The number of aromatic nitrogens is 2. The van der Waals surface area contributed by atoms with Crippen molar-refractivity contribution in [2.75, 3.05) is 38.6 Å². The molecule has 1 rings (SSSR count). The van der Waals surface area contributed by atoms with E-state index in [1.165, 1.54) is 6.33 Å². The fourth-order valence-corrected chi connectivity index (χ4v) is 1.68. The highest BCUT2D eigenvalue weighted by molar-refractivity contribution is 5.99. The van der Waals surface area contributed by atoms with Crippen LogP contribution < -0.4 is 10.6 Å². The summed E-state index contributed by atoms with van der Waals surface area (Å²) in [5, 5.41) is 7.58. The zero-order chi connectivity index (χ0) is 13.5. The van der Waals surface area contributed by atoms with Gasteiger partial charge in [-0.1, -0.05) is 6.92 Å². The lowest BCUT2D eigenvalue weighted by Gasteiger charge is -2.26. The van der Waals surface area contributed by atoms with Crippen molar-refractivity contribution in [3.05, 3.63) is 18.1 Å². The molecule has 0 aliphatic heterocycles. The fraction of sp³-hybridized carbons (Fsp3) is 0.583. The Morgan fingerprint density at radius 3 is 2.61 bits per heavy atom. The van der Waals surface area contributed by atoms with E-state index < -0.39 is 0 Å². The maximum absolute atomic E-state index is 7.58. The van der Waals surface area contributed by atoms with Gasteiger partial charge in [0.2, 0.25) is 0 Å². The molecule has 6 heteroatoms. The average molecular weight is 250 g/mol. The number of hydrogen-bond acceptors (Lipinski definition) is 5. The van der Waals surface area contributed by atoms with Gasteiger partial charge in [-0.25, -0.2) is 9.97 Å². The molecule has 0 aliphatic carbocycles. The number of nitrogens with one attached hydrogen (secondary N) is 1. The van der Waals surface area contributed by atoms with E-state index in [0.717, 1.165) is 31.9 Å². The van der Waals surface area contributed by atoms with Crippen molar-refractivity contribution in [3.63, 3.8) is 0 Å². The standard InChI is InChI=1S/C12H22N6/c1-4-5-18(7-6-17(2)3)12-10(11(13)14)8-15-9-16-12/h8-9H,4-7H2,1-3H3,(H3,13,14). The highest BCUT2D eigenvalue weighted by Crippen LogP contribution is 2.15. The van der Waals surface area contributed by atoms with Gasteiger partial charge in [-0.3, -0.25) is 5.41 Å². The Labute approximate surface area is 108 Å². The molecule has 1 aromatic heterocycles. The molecule has 18 heavy (non-hydrogen) atoms. The zero-order valence-electron chi connectivity index (χ0n) is 11.3. The van der Waals surface area contributed by atoms with Crippen LogP contribution in [-0.2, 0) is 0 Å². The van der Waals surface area contributed by atoms with Crippen molar-refractivity contribution in [1.82, 2.24) is 14.9 Å². The monoisotopic (exact) mass is 250 g/mol. The van der Waals surface area contributed by atoms with Crippen molar-refractivity contribution in [2.24, 2.45) is 5.73 Å². The average Bonchev–Trinajstić information content (AvgIpc) is 2.34. The molecule has 3 N–H and O–H groups in total. The number of nitrogens with two attached hydrogens (primary N) is 1. The summed E-state index contributed by atoms with van der Waals surface area (Å²) in [6.45, 7) is 4.81. The summed E-state index contributed by atoms with van der Waals surface area (Å²) in [5.41, 5.74) is 6.17. The second kappa shape index (κ2) is 6.90. The molecule has 0 radical (unpaired) electrons. The van der Waals surface area contributed by atoms with E-state index in [-0.39, 0.29) is 5.84 Å². The van der Waals surface area contributed by atoms with Gasteiger partial charge < -0.3 is 15.5 Å². The van der Waals surface area contributed by atoms with Crippen LogP contribution in [0.25, 0.3) is 0 Å². The summed E-state index contributed by atoms with van der Waals surface area (Å²) in [4.78, 5) is 12.5. The number of amidine groups is 1. The van der Waals surface area contributed by atoms with Crippen LogP contribution in [0, 0.1) is 5.41 Å². The van der Waals surface area contributed by atoms with Gasteiger partial charge in [-0.05, 0) is 20.5 Å².